The predicted octanol–water partition coefficient (Wildman–Crippen LogP) is 2.74. The number of rotatable bonds is 3. The standard InChI is InChI=1S/C12H12F2N4O/c1-7-5-10(18-11(16-7)12(2,13)14)17-8-3-4-15-6-9(8)19/h3-6,19H,1-2H3,(H,15,16,17,18). The SMILES string of the molecule is Cc1cc(Nc2ccncc2O)nc(C(C)(F)F)n1. The average Bonchev–Trinajstić information content (AvgIpc) is 2.30. The van der Waals surface area contributed by atoms with Crippen molar-refractivity contribution in [1.29, 1.82) is 0 Å². The topological polar surface area (TPSA) is 70.9 Å². The first-order valence-corrected chi connectivity index (χ1v) is 5.50. The van der Waals surface area contributed by atoms with Crippen molar-refractivity contribution in [3.63, 3.8) is 0 Å². The maximum Gasteiger partial charge on any atom is 0.303 e. The van der Waals surface area contributed by atoms with Crippen molar-refractivity contribution in [2.45, 2.75) is 19.8 Å². The van der Waals surface area contributed by atoms with Gasteiger partial charge in [0.25, 0.3) is 0 Å². The minimum atomic E-state index is -3.12. The maximum absolute atomic E-state index is 13.2. The molecule has 0 fully saturated rings. The highest BCUT2D eigenvalue weighted by Crippen LogP contribution is 2.27. The number of hydrogen-bond acceptors (Lipinski definition) is 5. The van der Waals surface area contributed by atoms with Crippen LogP contribution in [-0.2, 0) is 5.92 Å². The van der Waals surface area contributed by atoms with Crippen molar-refractivity contribution >= 4 is 11.5 Å². The monoisotopic (exact) mass is 266 g/mol. The van der Waals surface area contributed by atoms with Crippen LogP contribution in [0.1, 0.15) is 18.4 Å². The zero-order chi connectivity index (χ0) is 14.0. The lowest BCUT2D eigenvalue weighted by molar-refractivity contribution is 0.00766. The molecule has 5 nitrogen and oxygen atoms in total. The fraction of sp³-hybridized carbons (Fsp3) is 0.250. The summed E-state index contributed by atoms with van der Waals surface area (Å²) in [5.41, 5.74) is 0.737. The van der Waals surface area contributed by atoms with Crippen LogP contribution in [0, 0.1) is 6.92 Å². The Morgan fingerprint density at radius 2 is 2.05 bits per heavy atom. The Kier molecular flexibility index (Phi) is 3.28. The van der Waals surface area contributed by atoms with E-state index in [1.165, 1.54) is 24.5 Å². The molecule has 0 saturated carbocycles. The molecule has 0 bridgehead atoms. The van der Waals surface area contributed by atoms with Crippen LogP contribution in [0.25, 0.3) is 0 Å². The van der Waals surface area contributed by atoms with E-state index in [-0.39, 0.29) is 11.6 Å². The number of hydrogen-bond donors (Lipinski definition) is 2. The molecule has 0 aliphatic rings. The first-order valence-electron chi connectivity index (χ1n) is 5.50. The molecule has 0 radical (unpaired) electrons. The van der Waals surface area contributed by atoms with Gasteiger partial charge in [0.2, 0.25) is 5.82 Å². The van der Waals surface area contributed by atoms with Crippen molar-refractivity contribution in [3.8, 4) is 5.75 Å². The first-order chi connectivity index (χ1) is 8.86. The summed E-state index contributed by atoms with van der Waals surface area (Å²) in [5.74, 6) is -3.60. The fourth-order valence-corrected chi connectivity index (χ4v) is 1.46. The van der Waals surface area contributed by atoms with E-state index in [1.54, 1.807) is 6.92 Å². The molecule has 2 aromatic heterocycles. The van der Waals surface area contributed by atoms with Gasteiger partial charge in [0.05, 0.1) is 11.9 Å². The van der Waals surface area contributed by atoms with E-state index in [0.29, 0.717) is 11.4 Å². The number of nitrogens with zero attached hydrogens (tertiary/aromatic N) is 3. The number of aryl methyl sites for hydroxylation is 1. The van der Waals surface area contributed by atoms with Gasteiger partial charge in [-0.05, 0) is 13.0 Å². The van der Waals surface area contributed by atoms with Gasteiger partial charge in [-0.25, -0.2) is 9.97 Å². The third kappa shape index (κ3) is 3.12. The van der Waals surface area contributed by atoms with E-state index in [4.69, 9.17) is 0 Å². The van der Waals surface area contributed by atoms with Crippen molar-refractivity contribution < 1.29 is 13.9 Å². The number of halogens is 2. The molecular formula is C12H12F2N4O. The number of alkyl halides is 2. The molecule has 7 heteroatoms. The lowest BCUT2D eigenvalue weighted by Gasteiger charge is -2.12. The highest BCUT2D eigenvalue weighted by atomic mass is 19.3. The van der Waals surface area contributed by atoms with Gasteiger partial charge in [0, 0.05) is 24.9 Å². The van der Waals surface area contributed by atoms with Crippen molar-refractivity contribution in [2.75, 3.05) is 5.32 Å². The second-order valence-corrected chi connectivity index (χ2v) is 4.12. The van der Waals surface area contributed by atoms with Gasteiger partial charge in [-0.15, -0.1) is 0 Å². The normalized spacial score (nSPS) is 11.4. The molecule has 2 N–H and O–H groups in total. The predicted molar refractivity (Wildman–Crippen MR) is 65.5 cm³/mol. The Labute approximate surface area is 108 Å². The Bertz CT molecular complexity index is 599. The zero-order valence-corrected chi connectivity index (χ0v) is 10.4. The van der Waals surface area contributed by atoms with Crippen LogP contribution in [-0.4, -0.2) is 20.1 Å². The summed E-state index contributed by atoms with van der Waals surface area (Å²) in [5, 5.41) is 12.3. The summed E-state index contributed by atoms with van der Waals surface area (Å²) >= 11 is 0. The number of aromatic hydroxyl groups is 1. The van der Waals surface area contributed by atoms with Crippen molar-refractivity contribution in [3.05, 3.63) is 36.0 Å². The largest absolute Gasteiger partial charge is 0.504 e. The van der Waals surface area contributed by atoms with E-state index in [9.17, 15) is 13.9 Å². The van der Waals surface area contributed by atoms with Gasteiger partial charge >= 0.3 is 5.92 Å². The van der Waals surface area contributed by atoms with Crippen molar-refractivity contribution in [1.82, 2.24) is 15.0 Å². The molecule has 0 atom stereocenters. The van der Waals surface area contributed by atoms with Crippen LogP contribution in [0.2, 0.25) is 0 Å². The number of aromatic nitrogens is 3. The quantitative estimate of drug-likeness (QED) is 0.893. The molecule has 0 aliphatic heterocycles. The molecule has 19 heavy (non-hydrogen) atoms. The van der Waals surface area contributed by atoms with Crippen LogP contribution >= 0.6 is 0 Å². The molecule has 0 amide bonds. The Hall–Kier alpha value is -2.31. The number of anilines is 2. The Balaban J connectivity index is 2.36. The molecule has 2 aromatic rings. The molecule has 2 rings (SSSR count). The summed E-state index contributed by atoms with van der Waals surface area (Å²) in [6, 6.07) is 3.02. The summed E-state index contributed by atoms with van der Waals surface area (Å²) in [6.45, 7) is 2.32. The van der Waals surface area contributed by atoms with Gasteiger partial charge in [0.15, 0.2) is 5.75 Å². The lowest BCUT2D eigenvalue weighted by atomic mass is 10.3. The summed E-state index contributed by atoms with van der Waals surface area (Å²) < 4.78 is 26.4. The number of nitrogens with one attached hydrogen (secondary N) is 1. The second-order valence-electron chi connectivity index (χ2n) is 4.12. The average molecular weight is 266 g/mol. The maximum atomic E-state index is 13.2. The van der Waals surface area contributed by atoms with E-state index >= 15 is 0 Å². The summed E-state index contributed by atoms with van der Waals surface area (Å²) in [6.07, 6.45) is 2.71. The molecule has 0 spiro atoms. The Morgan fingerprint density at radius 3 is 2.68 bits per heavy atom. The smallest absolute Gasteiger partial charge is 0.303 e. The second kappa shape index (κ2) is 4.75. The molecule has 0 unspecified atom stereocenters. The van der Waals surface area contributed by atoms with E-state index in [1.807, 2.05) is 0 Å². The van der Waals surface area contributed by atoms with Crippen LogP contribution in [0.15, 0.2) is 24.5 Å². The first kappa shape index (κ1) is 13.1. The van der Waals surface area contributed by atoms with Gasteiger partial charge in [0.1, 0.15) is 5.82 Å². The van der Waals surface area contributed by atoms with Gasteiger partial charge in [-0.1, -0.05) is 0 Å². The van der Waals surface area contributed by atoms with Crippen molar-refractivity contribution in [2.24, 2.45) is 0 Å². The molecule has 0 aromatic carbocycles. The van der Waals surface area contributed by atoms with E-state index < -0.39 is 11.7 Å². The lowest BCUT2D eigenvalue weighted by Crippen LogP contribution is -2.14. The number of pyridine rings is 1. The Morgan fingerprint density at radius 1 is 1.32 bits per heavy atom. The minimum absolute atomic E-state index is 0.0939. The molecule has 100 valence electrons. The van der Waals surface area contributed by atoms with Crippen LogP contribution in [0.5, 0.6) is 5.75 Å². The van der Waals surface area contributed by atoms with Crippen LogP contribution in [0.4, 0.5) is 20.3 Å². The van der Waals surface area contributed by atoms with E-state index in [2.05, 4.69) is 20.3 Å². The molecule has 0 aliphatic carbocycles. The van der Waals surface area contributed by atoms with Gasteiger partial charge in [-0.2, -0.15) is 8.78 Å². The molecular weight excluding hydrogens is 254 g/mol. The minimum Gasteiger partial charge on any atom is -0.504 e. The van der Waals surface area contributed by atoms with Crippen LogP contribution in [0.3, 0.4) is 0 Å². The summed E-state index contributed by atoms with van der Waals surface area (Å²) in [4.78, 5) is 11.1. The van der Waals surface area contributed by atoms with Gasteiger partial charge < -0.3 is 10.4 Å². The van der Waals surface area contributed by atoms with Gasteiger partial charge in [-0.3, -0.25) is 4.98 Å². The van der Waals surface area contributed by atoms with E-state index in [0.717, 1.165) is 6.92 Å². The zero-order valence-electron chi connectivity index (χ0n) is 10.4. The third-order valence-electron chi connectivity index (χ3n) is 2.31. The molecule has 0 saturated heterocycles. The van der Waals surface area contributed by atoms with Crippen LogP contribution < -0.4 is 5.32 Å². The molecule has 2 heterocycles. The summed E-state index contributed by atoms with van der Waals surface area (Å²) in [7, 11) is 0. The highest BCUT2D eigenvalue weighted by molar-refractivity contribution is 5.62. The fourth-order valence-electron chi connectivity index (χ4n) is 1.46. The highest BCUT2D eigenvalue weighted by Gasteiger charge is 2.28. The third-order valence-corrected chi connectivity index (χ3v) is 2.31.